The zero-order valence-corrected chi connectivity index (χ0v) is 13.7. The molecule has 2 N–H and O–H groups in total. The molecule has 1 rings (SSSR count). The van der Waals surface area contributed by atoms with E-state index in [1.54, 1.807) is 13.0 Å². The van der Waals surface area contributed by atoms with E-state index in [1.807, 2.05) is 0 Å². The first kappa shape index (κ1) is 18.4. The fourth-order valence-corrected chi connectivity index (χ4v) is 3.54. The van der Waals surface area contributed by atoms with Gasteiger partial charge in [-0.25, -0.2) is 21.9 Å². The Labute approximate surface area is 130 Å². The van der Waals surface area contributed by atoms with Crippen molar-refractivity contribution in [3.8, 4) is 0 Å². The Balaban J connectivity index is 2.76. The number of alkyl halides is 2. The molecule has 0 bridgehead atoms. The normalized spacial score (nSPS) is 12.1. The number of aliphatic hydroxyl groups excluding tert-OH is 1. The van der Waals surface area contributed by atoms with E-state index in [2.05, 4.69) is 25.4 Å². The number of hydrogen-bond acceptors (Lipinski definition) is 4. The Bertz CT molecular complexity index is 581. The lowest BCUT2D eigenvalue weighted by Gasteiger charge is -2.12. The van der Waals surface area contributed by atoms with Crippen LogP contribution in [0.1, 0.15) is 11.1 Å². The Hall–Kier alpha value is -0.610. The number of rotatable bonds is 8. The molecule has 0 aliphatic carbocycles. The smallest absolute Gasteiger partial charge is 0.261 e. The predicted octanol–water partition coefficient (Wildman–Crippen LogP) is 1.81. The van der Waals surface area contributed by atoms with E-state index in [1.165, 1.54) is 6.07 Å². The second-order valence-corrected chi connectivity index (χ2v) is 6.81. The summed E-state index contributed by atoms with van der Waals surface area (Å²) in [5.41, 5.74) is 0.940. The molecule has 0 fully saturated rings. The van der Waals surface area contributed by atoms with E-state index < -0.39 is 23.1 Å². The first-order valence-corrected chi connectivity index (χ1v) is 8.31. The second kappa shape index (κ2) is 8.14. The Morgan fingerprint density at radius 1 is 1.43 bits per heavy atom. The summed E-state index contributed by atoms with van der Waals surface area (Å²) >= 11 is 3.23. The van der Waals surface area contributed by atoms with E-state index in [4.69, 9.17) is 5.11 Å². The molecule has 0 aliphatic rings. The van der Waals surface area contributed by atoms with Crippen molar-refractivity contribution in [1.82, 2.24) is 4.72 Å². The maximum Gasteiger partial charge on any atom is 0.261 e. The molecule has 0 aromatic heterocycles. The Morgan fingerprint density at radius 2 is 2.10 bits per heavy atom. The Morgan fingerprint density at radius 3 is 2.67 bits per heavy atom. The summed E-state index contributed by atoms with van der Waals surface area (Å²) in [6, 6.07) is 2.99. The molecule has 0 atom stereocenters. The zero-order chi connectivity index (χ0) is 16.0. The van der Waals surface area contributed by atoms with Gasteiger partial charge in [0.1, 0.15) is 6.61 Å². The van der Waals surface area contributed by atoms with Crippen molar-refractivity contribution >= 4 is 26.0 Å². The minimum Gasteiger partial charge on any atom is -0.392 e. The van der Waals surface area contributed by atoms with Crippen molar-refractivity contribution in [3.63, 3.8) is 0 Å². The third-order valence-corrected chi connectivity index (χ3v) is 5.02. The van der Waals surface area contributed by atoms with Crippen LogP contribution < -0.4 is 4.72 Å². The summed E-state index contributed by atoms with van der Waals surface area (Å²) in [5.74, 6) is 0. The number of nitrogens with one attached hydrogen (secondary N) is 1. The first-order chi connectivity index (χ1) is 9.77. The lowest BCUT2D eigenvalue weighted by Crippen LogP contribution is -2.28. The number of sulfonamides is 1. The Kier molecular flexibility index (Phi) is 7.14. The summed E-state index contributed by atoms with van der Waals surface area (Å²) in [6.45, 7) is 0.331. The molecule has 0 aliphatic heterocycles. The summed E-state index contributed by atoms with van der Waals surface area (Å²) < 4.78 is 55.4. The molecule has 1 aromatic rings. The fraction of sp³-hybridized carbons (Fsp3) is 0.500. The number of ether oxygens (including phenoxy) is 1. The topological polar surface area (TPSA) is 75.6 Å². The third-order valence-electron chi connectivity index (χ3n) is 2.61. The van der Waals surface area contributed by atoms with Crippen LogP contribution >= 0.6 is 15.9 Å². The molecule has 0 saturated heterocycles. The minimum absolute atomic E-state index is 0.0229. The van der Waals surface area contributed by atoms with Crippen LogP contribution in [0, 0.1) is 6.92 Å². The molecule has 0 unspecified atom stereocenters. The SMILES string of the molecule is Cc1c(Br)cc(CO)cc1S(=O)(=O)NCCOCC(F)F. The van der Waals surface area contributed by atoms with Gasteiger partial charge in [-0.1, -0.05) is 15.9 Å². The molecule has 0 radical (unpaired) electrons. The molecular formula is C12H16BrF2NO4S. The van der Waals surface area contributed by atoms with Crippen LogP contribution in [0.25, 0.3) is 0 Å². The maximum absolute atomic E-state index is 12.2. The minimum atomic E-state index is -3.81. The molecule has 5 nitrogen and oxygen atoms in total. The number of halogens is 3. The van der Waals surface area contributed by atoms with Gasteiger partial charge in [-0.3, -0.25) is 0 Å². The van der Waals surface area contributed by atoms with Crippen molar-refractivity contribution in [2.75, 3.05) is 19.8 Å². The lowest BCUT2D eigenvalue weighted by molar-refractivity contribution is 0.0199. The van der Waals surface area contributed by atoms with Crippen LogP contribution in [0.2, 0.25) is 0 Å². The summed E-state index contributed by atoms with van der Waals surface area (Å²) in [5, 5.41) is 9.11. The maximum atomic E-state index is 12.2. The molecular weight excluding hydrogens is 372 g/mol. The summed E-state index contributed by atoms with van der Waals surface area (Å²) in [4.78, 5) is 0.0229. The second-order valence-electron chi connectivity index (χ2n) is 4.22. The van der Waals surface area contributed by atoms with E-state index in [0.717, 1.165) is 0 Å². The van der Waals surface area contributed by atoms with E-state index >= 15 is 0 Å². The lowest BCUT2D eigenvalue weighted by atomic mass is 10.2. The molecule has 1 aromatic carbocycles. The molecule has 0 heterocycles. The van der Waals surface area contributed by atoms with Crippen LogP contribution in [0.4, 0.5) is 8.78 Å². The van der Waals surface area contributed by atoms with Crippen LogP contribution in [0.5, 0.6) is 0 Å². The quantitative estimate of drug-likeness (QED) is 0.667. The largest absolute Gasteiger partial charge is 0.392 e. The molecule has 120 valence electrons. The van der Waals surface area contributed by atoms with Gasteiger partial charge in [0.05, 0.1) is 18.1 Å². The van der Waals surface area contributed by atoms with Crippen molar-refractivity contribution < 1.29 is 27.0 Å². The van der Waals surface area contributed by atoms with Gasteiger partial charge in [0, 0.05) is 11.0 Å². The summed E-state index contributed by atoms with van der Waals surface area (Å²) in [7, 11) is -3.81. The average Bonchev–Trinajstić information content (AvgIpc) is 2.40. The van der Waals surface area contributed by atoms with Gasteiger partial charge in [0.15, 0.2) is 0 Å². The molecule has 0 saturated carbocycles. The van der Waals surface area contributed by atoms with Gasteiger partial charge in [0.2, 0.25) is 10.0 Å². The third kappa shape index (κ3) is 5.59. The fourth-order valence-electron chi connectivity index (χ4n) is 1.58. The summed E-state index contributed by atoms with van der Waals surface area (Å²) in [6.07, 6.45) is -2.58. The van der Waals surface area contributed by atoms with E-state index in [9.17, 15) is 17.2 Å². The number of hydrogen-bond donors (Lipinski definition) is 2. The van der Waals surface area contributed by atoms with Crippen LogP contribution in [-0.2, 0) is 21.4 Å². The molecule has 0 spiro atoms. The van der Waals surface area contributed by atoms with E-state index in [0.29, 0.717) is 15.6 Å². The number of aliphatic hydroxyl groups is 1. The van der Waals surface area contributed by atoms with Gasteiger partial charge in [-0.15, -0.1) is 0 Å². The highest BCUT2D eigenvalue weighted by Gasteiger charge is 2.19. The van der Waals surface area contributed by atoms with Gasteiger partial charge >= 0.3 is 0 Å². The van der Waals surface area contributed by atoms with Gasteiger partial charge < -0.3 is 9.84 Å². The zero-order valence-electron chi connectivity index (χ0n) is 11.3. The standard InChI is InChI=1S/C12H16BrF2NO4S/c1-8-10(13)4-9(6-17)5-11(8)21(18,19)16-2-3-20-7-12(14)15/h4-5,12,16-17H,2-3,6-7H2,1H3. The number of benzene rings is 1. The van der Waals surface area contributed by atoms with E-state index in [-0.39, 0.29) is 24.7 Å². The van der Waals surface area contributed by atoms with Gasteiger partial charge in [0.25, 0.3) is 6.43 Å². The predicted molar refractivity (Wildman–Crippen MR) is 76.8 cm³/mol. The van der Waals surface area contributed by atoms with Crippen molar-refractivity contribution in [1.29, 1.82) is 0 Å². The van der Waals surface area contributed by atoms with Crippen molar-refractivity contribution in [3.05, 3.63) is 27.7 Å². The first-order valence-electron chi connectivity index (χ1n) is 6.03. The van der Waals surface area contributed by atoms with Crippen molar-refractivity contribution in [2.45, 2.75) is 24.9 Å². The molecule has 0 amide bonds. The highest BCUT2D eigenvalue weighted by Crippen LogP contribution is 2.25. The average molecular weight is 388 g/mol. The van der Waals surface area contributed by atoms with Crippen LogP contribution in [-0.4, -0.2) is 39.7 Å². The molecule has 9 heteroatoms. The highest BCUT2D eigenvalue weighted by molar-refractivity contribution is 9.10. The van der Waals surface area contributed by atoms with Crippen LogP contribution in [0.3, 0.4) is 0 Å². The van der Waals surface area contributed by atoms with Gasteiger partial charge in [-0.05, 0) is 30.2 Å². The van der Waals surface area contributed by atoms with Crippen LogP contribution in [0.15, 0.2) is 21.5 Å². The molecule has 21 heavy (non-hydrogen) atoms. The monoisotopic (exact) mass is 387 g/mol. The van der Waals surface area contributed by atoms with Crippen molar-refractivity contribution in [2.24, 2.45) is 0 Å². The highest BCUT2D eigenvalue weighted by atomic mass is 79.9. The van der Waals surface area contributed by atoms with Gasteiger partial charge in [-0.2, -0.15) is 0 Å².